The lowest BCUT2D eigenvalue weighted by molar-refractivity contribution is -0.144. The van der Waals surface area contributed by atoms with Crippen LogP contribution in [0.5, 0.6) is 0 Å². The van der Waals surface area contributed by atoms with Gasteiger partial charge in [-0.1, -0.05) is 30.3 Å². The van der Waals surface area contributed by atoms with Gasteiger partial charge >= 0.3 is 5.97 Å². The Bertz CT molecular complexity index is 614. The number of carboxylic acid groups (broad SMARTS) is 1. The molecule has 0 fully saturated rings. The molecular formula is C16H18BrNO2S. The highest BCUT2D eigenvalue weighted by Crippen LogP contribution is 2.27. The number of rotatable bonds is 6. The molecule has 0 saturated carbocycles. The summed E-state index contributed by atoms with van der Waals surface area (Å²) < 4.78 is 1.09. The van der Waals surface area contributed by atoms with Crippen molar-refractivity contribution in [3.8, 4) is 0 Å². The quantitative estimate of drug-likeness (QED) is 0.838. The molecule has 0 aliphatic rings. The molecule has 0 aliphatic carbocycles. The second-order valence-corrected chi connectivity index (χ2v) is 7.73. The zero-order valence-electron chi connectivity index (χ0n) is 12.0. The molecule has 3 nitrogen and oxygen atoms in total. The minimum absolute atomic E-state index is 0.458. The maximum atomic E-state index is 11.8. The Kier molecular flexibility index (Phi) is 5.19. The van der Waals surface area contributed by atoms with Crippen molar-refractivity contribution in [2.45, 2.75) is 18.9 Å². The molecule has 0 amide bonds. The standard InChI is InChI=1S/C16H18BrNO2S/c1-16(15(19)20,13-6-4-3-5-7-13)11-18(2)9-12-8-14(17)21-10-12/h3-8,10H,9,11H2,1-2H3,(H,19,20). The van der Waals surface area contributed by atoms with E-state index >= 15 is 0 Å². The number of carbonyl (C=O) groups is 1. The summed E-state index contributed by atoms with van der Waals surface area (Å²) in [7, 11) is 1.95. The molecule has 5 heteroatoms. The van der Waals surface area contributed by atoms with Crippen LogP contribution in [0.2, 0.25) is 0 Å². The lowest BCUT2D eigenvalue weighted by atomic mass is 9.82. The molecule has 0 saturated heterocycles. The van der Waals surface area contributed by atoms with Gasteiger partial charge in [-0.05, 0) is 52.5 Å². The lowest BCUT2D eigenvalue weighted by Crippen LogP contribution is -2.43. The van der Waals surface area contributed by atoms with E-state index in [4.69, 9.17) is 0 Å². The maximum absolute atomic E-state index is 11.8. The number of hydrogen-bond donors (Lipinski definition) is 1. The molecule has 0 spiro atoms. The third-order valence-corrected chi connectivity index (χ3v) is 5.10. The number of nitrogens with zero attached hydrogens (tertiary/aromatic N) is 1. The summed E-state index contributed by atoms with van der Waals surface area (Å²) in [6.07, 6.45) is 0. The average molecular weight is 368 g/mol. The number of benzene rings is 1. The molecule has 1 unspecified atom stereocenters. The highest BCUT2D eigenvalue weighted by atomic mass is 79.9. The maximum Gasteiger partial charge on any atom is 0.315 e. The van der Waals surface area contributed by atoms with Gasteiger partial charge in [-0.2, -0.15) is 0 Å². The largest absolute Gasteiger partial charge is 0.481 e. The molecule has 1 aromatic heterocycles. The van der Waals surface area contributed by atoms with Gasteiger partial charge in [0.15, 0.2) is 0 Å². The number of halogens is 1. The van der Waals surface area contributed by atoms with Gasteiger partial charge in [0, 0.05) is 13.1 Å². The van der Waals surface area contributed by atoms with E-state index in [9.17, 15) is 9.90 Å². The van der Waals surface area contributed by atoms with E-state index in [2.05, 4.69) is 32.3 Å². The smallest absolute Gasteiger partial charge is 0.315 e. The van der Waals surface area contributed by atoms with Gasteiger partial charge in [-0.25, -0.2) is 0 Å². The molecule has 0 radical (unpaired) electrons. The molecule has 2 rings (SSSR count). The summed E-state index contributed by atoms with van der Waals surface area (Å²) in [5.41, 5.74) is 1.11. The zero-order valence-corrected chi connectivity index (χ0v) is 14.4. The number of thiophene rings is 1. The lowest BCUT2D eigenvalue weighted by Gasteiger charge is -2.30. The van der Waals surface area contributed by atoms with Crippen molar-refractivity contribution in [2.24, 2.45) is 0 Å². The highest BCUT2D eigenvalue weighted by Gasteiger charge is 2.36. The van der Waals surface area contributed by atoms with Crippen LogP contribution in [-0.4, -0.2) is 29.6 Å². The van der Waals surface area contributed by atoms with Gasteiger partial charge in [0.2, 0.25) is 0 Å². The van der Waals surface area contributed by atoms with Crippen molar-refractivity contribution in [3.63, 3.8) is 0 Å². The number of hydrogen-bond acceptors (Lipinski definition) is 3. The number of aliphatic carboxylic acids is 1. The average Bonchev–Trinajstić information content (AvgIpc) is 2.84. The topological polar surface area (TPSA) is 40.5 Å². The van der Waals surface area contributed by atoms with E-state index < -0.39 is 11.4 Å². The van der Waals surface area contributed by atoms with Gasteiger partial charge in [-0.3, -0.25) is 4.79 Å². The van der Waals surface area contributed by atoms with Gasteiger partial charge < -0.3 is 10.0 Å². The van der Waals surface area contributed by atoms with Crippen LogP contribution in [-0.2, 0) is 16.8 Å². The van der Waals surface area contributed by atoms with Crippen molar-refractivity contribution in [2.75, 3.05) is 13.6 Å². The minimum atomic E-state index is -0.913. The Balaban J connectivity index is 2.14. The Morgan fingerprint density at radius 3 is 2.57 bits per heavy atom. The summed E-state index contributed by atoms with van der Waals surface area (Å²) in [6.45, 7) is 2.97. The molecular weight excluding hydrogens is 350 g/mol. The number of carboxylic acids is 1. The van der Waals surface area contributed by atoms with Crippen LogP contribution >= 0.6 is 27.3 Å². The predicted octanol–water partition coefficient (Wildman–Crippen LogP) is 3.98. The third-order valence-electron chi connectivity index (χ3n) is 3.54. The normalized spacial score (nSPS) is 14.1. The molecule has 21 heavy (non-hydrogen) atoms. The Morgan fingerprint density at radius 1 is 1.38 bits per heavy atom. The molecule has 1 aromatic carbocycles. The summed E-state index contributed by atoms with van der Waals surface area (Å²) in [5.74, 6) is -0.799. The molecule has 2 aromatic rings. The first-order valence-corrected chi connectivity index (χ1v) is 8.29. The van der Waals surface area contributed by atoms with Crippen molar-refractivity contribution in [3.05, 3.63) is 56.7 Å². The Morgan fingerprint density at radius 2 is 2.05 bits per heavy atom. The van der Waals surface area contributed by atoms with E-state index in [1.807, 2.05) is 37.4 Å². The fourth-order valence-electron chi connectivity index (χ4n) is 2.42. The molecule has 1 atom stereocenters. The van der Waals surface area contributed by atoms with E-state index in [0.717, 1.165) is 15.9 Å². The van der Waals surface area contributed by atoms with Crippen LogP contribution in [0.4, 0.5) is 0 Å². The van der Waals surface area contributed by atoms with E-state index in [0.29, 0.717) is 6.54 Å². The summed E-state index contributed by atoms with van der Waals surface area (Å²) in [4.78, 5) is 13.8. The van der Waals surface area contributed by atoms with Crippen molar-refractivity contribution in [1.82, 2.24) is 4.90 Å². The monoisotopic (exact) mass is 367 g/mol. The highest BCUT2D eigenvalue weighted by molar-refractivity contribution is 9.11. The van der Waals surface area contributed by atoms with Crippen molar-refractivity contribution < 1.29 is 9.90 Å². The SMILES string of the molecule is CN(Cc1csc(Br)c1)CC(C)(C(=O)O)c1ccccc1. The fourth-order valence-corrected chi connectivity index (χ4v) is 3.62. The fraction of sp³-hybridized carbons (Fsp3) is 0.312. The second-order valence-electron chi connectivity index (χ2n) is 5.43. The van der Waals surface area contributed by atoms with E-state index in [1.165, 1.54) is 5.56 Å². The first kappa shape index (κ1) is 16.2. The third kappa shape index (κ3) is 3.93. The van der Waals surface area contributed by atoms with Gasteiger partial charge in [0.25, 0.3) is 0 Å². The molecule has 0 aliphatic heterocycles. The van der Waals surface area contributed by atoms with Gasteiger partial charge in [0.1, 0.15) is 5.41 Å². The van der Waals surface area contributed by atoms with Gasteiger partial charge in [0.05, 0.1) is 3.79 Å². The first-order valence-electron chi connectivity index (χ1n) is 6.62. The molecule has 1 heterocycles. The Hall–Kier alpha value is -1.17. The molecule has 0 bridgehead atoms. The summed E-state index contributed by atoms with van der Waals surface area (Å²) in [5, 5.41) is 11.8. The minimum Gasteiger partial charge on any atom is -0.481 e. The zero-order chi connectivity index (χ0) is 15.5. The van der Waals surface area contributed by atoms with Crippen molar-refractivity contribution >= 4 is 33.2 Å². The second kappa shape index (κ2) is 6.73. The summed E-state index contributed by atoms with van der Waals surface area (Å²) in [6, 6.07) is 11.5. The number of likely N-dealkylation sites (N-methyl/N-ethyl adjacent to an activating group) is 1. The van der Waals surface area contributed by atoms with Crippen LogP contribution in [0.3, 0.4) is 0 Å². The summed E-state index contributed by atoms with van der Waals surface area (Å²) >= 11 is 5.09. The van der Waals surface area contributed by atoms with Crippen LogP contribution in [0, 0.1) is 0 Å². The van der Waals surface area contributed by atoms with Crippen LogP contribution < -0.4 is 0 Å². The van der Waals surface area contributed by atoms with Crippen molar-refractivity contribution in [1.29, 1.82) is 0 Å². The molecule has 1 N–H and O–H groups in total. The van der Waals surface area contributed by atoms with E-state index in [-0.39, 0.29) is 0 Å². The van der Waals surface area contributed by atoms with Gasteiger partial charge in [-0.15, -0.1) is 11.3 Å². The van der Waals surface area contributed by atoms with Crippen LogP contribution in [0.15, 0.2) is 45.6 Å². The van der Waals surface area contributed by atoms with Crippen LogP contribution in [0.1, 0.15) is 18.1 Å². The first-order chi connectivity index (χ1) is 9.91. The van der Waals surface area contributed by atoms with E-state index in [1.54, 1.807) is 18.3 Å². The predicted molar refractivity (Wildman–Crippen MR) is 89.8 cm³/mol. The Labute approximate surface area is 137 Å². The van der Waals surface area contributed by atoms with Crippen LogP contribution in [0.25, 0.3) is 0 Å². The molecule has 112 valence electrons.